The number of pyridine rings is 1. The first-order chi connectivity index (χ1) is 12.5. The van der Waals surface area contributed by atoms with Crippen LogP contribution in [0.1, 0.15) is 5.01 Å². The van der Waals surface area contributed by atoms with E-state index in [0.29, 0.717) is 10.8 Å². The quantitative estimate of drug-likeness (QED) is 0.666. The third kappa shape index (κ3) is 4.01. The van der Waals surface area contributed by atoms with E-state index in [9.17, 15) is 8.42 Å². The highest BCUT2D eigenvalue weighted by Crippen LogP contribution is 2.28. The van der Waals surface area contributed by atoms with E-state index in [1.807, 2.05) is 17.5 Å². The summed E-state index contributed by atoms with van der Waals surface area (Å²) in [5, 5.41) is 2.52. The number of thiazole rings is 1. The average Bonchev–Trinajstić information content (AvgIpc) is 3.16. The van der Waals surface area contributed by atoms with E-state index in [-0.39, 0.29) is 17.2 Å². The predicted molar refractivity (Wildman–Crippen MR) is 98.9 cm³/mol. The molecule has 1 aromatic carbocycles. The number of hydrogen-bond donors (Lipinski definition) is 1. The van der Waals surface area contributed by atoms with Gasteiger partial charge in [-0.05, 0) is 24.3 Å². The molecule has 0 radical (unpaired) electrons. The Labute approximate surface area is 155 Å². The third-order valence-corrected chi connectivity index (χ3v) is 5.87. The molecule has 0 atom stereocenters. The Bertz CT molecular complexity index is 988. The van der Waals surface area contributed by atoms with Gasteiger partial charge in [-0.2, -0.15) is 0 Å². The molecule has 0 aliphatic rings. The Hall–Kier alpha value is -2.49. The van der Waals surface area contributed by atoms with E-state index in [4.69, 9.17) is 9.47 Å². The standard InChI is InChI=1S/C17H17N3O4S2/c1-23-13-5-6-16(15(8-13)24-2)26(21,22)19-10-17-20-14(11-25-17)12-4-3-7-18-9-12/h3-9,11,19H,10H2,1-2H3. The van der Waals surface area contributed by atoms with Crippen LogP contribution in [0.25, 0.3) is 11.3 Å². The molecule has 0 amide bonds. The largest absolute Gasteiger partial charge is 0.497 e. The van der Waals surface area contributed by atoms with E-state index < -0.39 is 10.0 Å². The normalized spacial score (nSPS) is 11.3. The average molecular weight is 391 g/mol. The van der Waals surface area contributed by atoms with Crippen LogP contribution in [0.5, 0.6) is 11.5 Å². The molecule has 2 heterocycles. The second-order valence-corrected chi connectivity index (χ2v) is 7.89. The van der Waals surface area contributed by atoms with Crippen LogP contribution in [0.2, 0.25) is 0 Å². The Morgan fingerprint density at radius 2 is 2.04 bits per heavy atom. The van der Waals surface area contributed by atoms with Crippen molar-refractivity contribution in [3.8, 4) is 22.8 Å². The molecule has 1 N–H and O–H groups in total. The molecule has 9 heteroatoms. The molecule has 0 saturated carbocycles. The van der Waals surface area contributed by atoms with Crippen molar-refractivity contribution in [1.29, 1.82) is 0 Å². The number of sulfonamides is 1. The maximum Gasteiger partial charge on any atom is 0.244 e. The number of benzene rings is 1. The number of nitrogens with one attached hydrogen (secondary N) is 1. The molecule has 0 saturated heterocycles. The fourth-order valence-corrected chi connectivity index (χ4v) is 4.24. The smallest absolute Gasteiger partial charge is 0.244 e. The van der Waals surface area contributed by atoms with Crippen LogP contribution in [-0.4, -0.2) is 32.6 Å². The van der Waals surface area contributed by atoms with E-state index in [1.54, 1.807) is 18.5 Å². The first kappa shape index (κ1) is 18.3. The summed E-state index contributed by atoms with van der Waals surface area (Å²) in [7, 11) is -0.843. The van der Waals surface area contributed by atoms with Crippen molar-refractivity contribution in [3.05, 3.63) is 53.1 Å². The third-order valence-electron chi connectivity index (χ3n) is 3.58. The molecular formula is C17H17N3O4S2. The topological polar surface area (TPSA) is 90.4 Å². The van der Waals surface area contributed by atoms with Crippen LogP contribution in [0, 0.1) is 0 Å². The molecule has 136 valence electrons. The number of hydrogen-bond acceptors (Lipinski definition) is 7. The van der Waals surface area contributed by atoms with E-state index in [1.165, 1.54) is 37.7 Å². The zero-order valence-corrected chi connectivity index (χ0v) is 15.8. The summed E-state index contributed by atoms with van der Waals surface area (Å²) in [6, 6.07) is 8.27. The molecule has 0 fully saturated rings. The van der Waals surface area contributed by atoms with Crippen molar-refractivity contribution in [2.75, 3.05) is 14.2 Å². The SMILES string of the molecule is COc1ccc(S(=O)(=O)NCc2nc(-c3cccnc3)cs2)c(OC)c1. The molecular weight excluding hydrogens is 374 g/mol. The lowest BCUT2D eigenvalue weighted by Gasteiger charge is -2.11. The molecule has 0 spiro atoms. The van der Waals surface area contributed by atoms with Gasteiger partial charge < -0.3 is 9.47 Å². The summed E-state index contributed by atoms with van der Waals surface area (Å²) < 4.78 is 38.0. The van der Waals surface area contributed by atoms with Gasteiger partial charge in [-0.25, -0.2) is 18.1 Å². The zero-order chi connectivity index (χ0) is 18.6. The predicted octanol–water partition coefficient (Wildman–Crippen LogP) is 2.70. The van der Waals surface area contributed by atoms with Gasteiger partial charge in [0.1, 0.15) is 21.4 Å². The lowest BCUT2D eigenvalue weighted by atomic mass is 10.2. The van der Waals surface area contributed by atoms with Crippen LogP contribution in [0.3, 0.4) is 0 Å². The lowest BCUT2D eigenvalue weighted by molar-refractivity contribution is 0.386. The van der Waals surface area contributed by atoms with Gasteiger partial charge in [0, 0.05) is 29.4 Å². The number of methoxy groups -OCH3 is 2. The van der Waals surface area contributed by atoms with Crippen LogP contribution in [0.4, 0.5) is 0 Å². The van der Waals surface area contributed by atoms with Crippen molar-refractivity contribution >= 4 is 21.4 Å². The first-order valence-corrected chi connectivity index (χ1v) is 9.96. The summed E-state index contributed by atoms with van der Waals surface area (Å²) in [6.07, 6.45) is 3.40. The van der Waals surface area contributed by atoms with E-state index in [2.05, 4.69) is 14.7 Å². The Morgan fingerprint density at radius 1 is 1.19 bits per heavy atom. The molecule has 3 rings (SSSR count). The zero-order valence-electron chi connectivity index (χ0n) is 14.2. The summed E-state index contributed by atoms with van der Waals surface area (Å²) in [5.41, 5.74) is 1.65. The molecule has 0 bridgehead atoms. The molecule has 7 nitrogen and oxygen atoms in total. The minimum atomic E-state index is -3.76. The minimum absolute atomic E-state index is 0.0461. The van der Waals surface area contributed by atoms with Gasteiger partial charge >= 0.3 is 0 Å². The van der Waals surface area contributed by atoms with Crippen molar-refractivity contribution in [2.24, 2.45) is 0 Å². The number of nitrogens with zero attached hydrogens (tertiary/aromatic N) is 2. The molecule has 0 unspecified atom stereocenters. The number of ether oxygens (including phenoxy) is 2. The fraction of sp³-hybridized carbons (Fsp3) is 0.176. The number of rotatable bonds is 7. The van der Waals surface area contributed by atoms with Gasteiger partial charge in [0.15, 0.2) is 0 Å². The van der Waals surface area contributed by atoms with Gasteiger partial charge in [-0.1, -0.05) is 0 Å². The van der Waals surface area contributed by atoms with Crippen LogP contribution >= 0.6 is 11.3 Å². The minimum Gasteiger partial charge on any atom is -0.497 e. The highest BCUT2D eigenvalue weighted by atomic mass is 32.2. The Morgan fingerprint density at radius 3 is 2.73 bits per heavy atom. The van der Waals surface area contributed by atoms with Gasteiger partial charge in [-0.3, -0.25) is 4.98 Å². The fourth-order valence-electron chi connectivity index (χ4n) is 2.27. The van der Waals surface area contributed by atoms with Gasteiger partial charge in [0.05, 0.1) is 26.5 Å². The summed E-state index contributed by atoms with van der Waals surface area (Å²) in [5.74, 6) is 0.730. The van der Waals surface area contributed by atoms with Gasteiger partial charge in [0.25, 0.3) is 0 Å². The van der Waals surface area contributed by atoms with Crippen LogP contribution in [-0.2, 0) is 16.6 Å². The number of aromatic nitrogens is 2. The first-order valence-electron chi connectivity index (χ1n) is 7.60. The molecule has 0 aliphatic heterocycles. The Balaban J connectivity index is 1.76. The summed E-state index contributed by atoms with van der Waals surface area (Å²) in [4.78, 5) is 8.55. The second kappa shape index (κ2) is 7.81. The molecule has 2 aromatic heterocycles. The van der Waals surface area contributed by atoms with Gasteiger partial charge in [0.2, 0.25) is 10.0 Å². The maximum atomic E-state index is 12.6. The summed E-state index contributed by atoms with van der Waals surface area (Å²) in [6.45, 7) is 0.0858. The lowest BCUT2D eigenvalue weighted by Crippen LogP contribution is -2.23. The van der Waals surface area contributed by atoms with Crippen LogP contribution in [0.15, 0.2) is 53.0 Å². The monoisotopic (exact) mass is 391 g/mol. The maximum absolute atomic E-state index is 12.6. The van der Waals surface area contributed by atoms with Crippen molar-refractivity contribution in [2.45, 2.75) is 11.4 Å². The van der Waals surface area contributed by atoms with Crippen molar-refractivity contribution in [3.63, 3.8) is 0 Å². The highest BCUT2D eigenvalue weighted by Gasteiger charge is 2.20. The van der Waals surface area contributed by atoms with Crippen molar-refractivity contribution in [1.82, 2.24) is 14.7 Å². The molecule has 0 aliphatic carbocycles. The van der Waals surface area contributed by atoms with Crippen LogP contribution < -0.4 is 14.2 Å². The Kier molecular flexibility index (Phi) is 5.50. The second-order valence-electron chi connectivity index (χ2n) is 5.21. The molecule has 3 aromatic rings. The molecule has 26 heavy (non-hydrogen) atoms. The van der Waals surface area contributed by atoms with Gasteiger partial charge in [-0.15, -0.1) is 11.3 Å². The van der Waals surface area contributed by atoms with E-state index in [0.717, 1.165) is 11.3 Å². The summed E-state index contributed by atoms with van der Waals surface area (Å²) >= 11 is 1.38. The highest BCUT2D eigenvalue weighted by molar-refractivity contribution is 7.89. The van der Waals surface area contributed by atoms with Crippen molar-refractivity contribution < 1.29 is 17.9 Å². The van der Waals surface area contributed by atoms with E-state index >= 15 is 0 Å².